The van der Waals surface area contributed by atoms with Crippen LogP contribution in [0.1, 0.15) is 38.3 Å². The molecule has 2 amide bonds. The van der Waals surface area contributed by atoms with Crippen molar-refractivity contribution in [1.29, 1.82) is 0 Å². The van der Waals surface area contributed by atoms with Gasteiger partial charge in [0.25, 0.3) is 0 Å². The van der Waals surface area contributed by atoms with Crippen molar-refractivity contribution in [2.75, 3.05) is 13.2 Å². The lowest BCUT2D eigenvalue weighted by Crippen LogP contribution is -2.37. The molecule has 0 aliphatic heterocycles. The number of hydrogen-bond acceptors (Lipinski definition) is 2. The van der Waals surface area contributed by atoms with Gasteiger partial charge in [-0.1, -0.05) is 25.5 Å². The standard InChI is InChI=1S/C15H21F3N2O2/c1-3-4-9-19-14(21)20-11(2)12-5-7-13(8-6-12)22-10-15(16,17)18/h5-8,11H,3-4,9-10H2,1-2H3,(H2,19,20,21). The molecule has 4 nitrogen and oxygen atoms in total. The molecule has 0 heterocycles. The third-order valence-corrected chi connectivity index (χ3v) is 2.95. The van der Waals surface area contributed by atoms with Gasteiger partial charge in [0.15, 0.2) is 6.61 Å². The minimum Gasteiger partial charge on any atom is -0.484 e. The number of alkyl halides is 3. The van der Waals surface area contributed by atoms with E-state index < -0.39 is 12.8 Å². The van der Waals surface area contributed by atoms with E-state index >= 15 is 0 Å². The highest BCUT2D eigenvalue weighted by Crippen LogP contribution is 2.20. The first-order valence-corrected chi connectivity index (χ1v) is 7.15. The van der Waals surface area contributed by atoms with Crippen LogP contribution in [-0.2, 0) is 0 Å². The lowest BCUT2D eigenvalue weighted by atomic mass is 10.1. The zero-order valence-electron chi connectivity index (χ0n) is 12.7. The van der Waals surface area contributed by atoms with Crippen molar-refractivity contribution >= 4 is 6.03 Å². The molecule has 1 aromatic carbocycles. The Hall–Kier alpha value is -1.92. The molecular weight excluding hydrogens is 297 g/mol. The van der Waals surface area contributed by atoms with Crippen LogP contribution in [-0.4, -0.2) is 25.4 Å². The molecule has 0 saturated carbocycles. The van der Waals surface area contributed by atoms with Gasteiger partial charge in [0, 0.05) is 6.54 Å². The Morgan fingerprint density at radius 3 is 2.45 bits per heavy atom. The number of unbranched alkanes of at least 4 members (excludes halogenated alkanes) is 1. The van der Waals surface area contributed by atoms with Gasteiger partial charge in [0.05, 0.1) is 6.04 Å². The second kappa shape index (κ2) is 8.51. The van der Waals surface area contributed by atoms with Gasteiger partial charge in [0.1, 0.15) is 5.75 Å². The summed E-state index contributed by atoms with van der Waals surface area (Å²) in [5.74, 6) is 0.140. The van der Waals surface area contributed by atoms with Crippen molar-refractivity contribution in [3.05, 3.63) is 29.8 Å². The number of benzene rings is 1. The van der Waals surface area contributed by atoms with Crippen molar-refractivity contribution < 1.29 is 22.7 Å². The fraction of sp³-hybridized carbons (Fsp3) is 0.533. The van der Waals surface area contributed by atoms with Crippen molar-refractivity contribution in [3.8, 4) is 5.75 Å². The molecule has 124 valence electrons. The van der Waals surface area contributed by atoms with Gasteiger partial charge >= 0.3 is 12.2 Å². The van der Waals surface area contributed by atoms with E-state index in [4.69, 9.17) is 0 Å². The summed E-state index contributed by atoms with van der Waals surface area (Å²) in [5.41, 5.74) is 0.782. The SMILES string of the molecule is CCCCNC(=O)NC(C)c1ccc(OCC(F)(F)F)cc1. The van der Waals surface area contributed by atoms with Gasteiger partial charge in [-0.15, -0.1) is 0 Å². The van der Waals surface area contributed by atoms with E-state index in [1.54, 1.807) is 19.1 Å². The molecule has 22 heavy (non-hydrogen) atoms. The number of ether oxygens (including phenoxy) is 1. The first-order valence-electron chi connectivity index (χ1n) is 7.15. The lowest BCUT2D eigenvalue weighted by Gasteiger charge is -2.16. The highest BCUT2D eigenvalue weighted by Gasteiger charge is 2.28. The lowest BCUT2D eigenvalue weighted by molar-refractivity contribution is -0.153. The van der Waals surface area contributed by atoms with Crippen LogP contribution in [0.25, 0.3) is 0 Å². The Morgan fingerprint density at radius 1 is 1.27 bits per heavy atom. The summed E-state index contributed by atoms with van der Waals surface area (Å²) in [7, 11) is 0. The zero-order chi connectivity index (χ0) is 16.6. The van der Waals surface area contributed by atoms with Gasteiger partial charge in [-0.3, -0.25) is 0 Å². The largest absolute Gasteiger partial charge is 0.484 e. The molecule has 1 unspecified atom stereocenters. The molecule has 0 aliphatic rings. The average molecular weight is 318 g/mol. The molecule has 0 aromatic heterocycles. The summed E-state index contributed by atoms with van der Waals surface area (Å²) in [6.45, 7) is 3.12. The predicted molar refractivity (Wildman–Crippen MR) is 77.8 cm³/mol. The van der Waals surface area contributed by atoms with Gasteiger partial charge in [0.2, 0.25) is 0 Å². The predicted octanol–water partition coefficient (Wildman–Crippen LogP) is 3.79. The van der Waals surface area contributed by atoms with E-state index in [2.05, 4.69) is 15.4 Å². The maximum Gasteiger partial charge on any atom is 0.422 e. The zero-order valence-corrected chi connectivity index (χ0v) is 12.7. The number of carbonyl (C=O) groups excluding carboxylic acids is 1. The number of carbonyl (C=O) groups is 1. The number of halogens is 3. The molecule has 0 fully saturated rings. The van der Waals surface area contributed by atoms with Crippen LogP contribution in [0, 0.1) is 0 Å². The third kappa shape index (κ3) is 7.19. The Balaban J connectivity index is 2.46. The fourth-order valence-corrected chi connectivity index (χ4v) is 1.73. The maximum absolute atomic E-state index is 12.0. The molecule has 1 rings (SSSR count). The van der Waals surface area contributed by atoms with E-state index in [9.17, 15) is 18.0 Å². The Kier molecular flexibility index (Phi) is 7.01. The Morgan fingerprint density at radius 2 is 1.91 bits per heavy atom. The summed E-state index contributed by atoms with van der Waals surface area (Å²) < 4.78 is 40.7. The first kappa shape index (κ1) is 18.1. The van der Waals surface area contributed by atoms with Gasteiger partial charge in [-0.25, -0.2) is 4.79 Å². The van der Waals surface area contributed by atoms with E-state index in [-0.39, 0.29) is 17.8 Å². The monoisotopic (exact) mass is 318 g/mol. The second-order valence-electron chi connectivity index (χ2n) is 4.95. The number of hydrogen-bond donors (Lipinski definition) is 2. The van der Waals surface area contributed by atoms with Crippen LogP contribution in [0.15, 0.2) is 24.3 Å². The van der Waals surface area contributed by atoms with Gasteiger partial charge < -0.3 is 15.4 Å². The highest BCUT2D eigenvalue weighted by molar-refractivity contribution is 5.74. The number of rotatable bonds is 7. The second-order valence-corrected chi connectivity index (χ2v) is 4.95. The summed E-state index contributed by atoms with van der Waals surface area (Å²) >= 11 is 0. The summed E-state index contributed by atoms with van der Waals surface area (Å²) in [6.07, 6.45) is -2.45. The molecule has 1 atom stereocenters. The number of amides is 2. The number of nitrogens with one attached hydrogen (secondary N) is 2. The van der Waals surface area contributed by atoms with Crippen LogP contribution >= 0.6 is 0 Å². The molecule has 0 spiro atoms. The molecule has 1 aromatic rings. The topological polar surface area (TPSA) is 50.4 Å². The van der Waals surface area contributed by atoms with Gasteiger partial charge in [-0.05, 0) is 31.0 Å². The van der Waals surface area contributed by atoms with Crippen LogP contribution in [0.5, 0.6) is 5.75 Å². The van der Waals surface area contributed by atoms with E-state index in [1.165, 1.54) is 12.1 Å². The average Bonchev–Trinajstić information content (AvgIpc) is 2.45. The highest BCUT2D eigenvalue weighted by atomic mass is 19.4. The van der Waals surface area contributed by atoms with Crippen LogP contribution in [0.2, 0.25) is 0 Å². The van der Waals surface area contributed by atoms with Crippen LogP contribution < -0.4 is 15.4 Å². The Bertz CT molecular complexity index is 461. The molecule has 0 radical (unpaired) electrons. The molecule has 0 bridgehead atoms. The van der Waals surface area contributed by atoms with E-state index in [1.807, 2.05) is 6.92 Å². The van der Waals surface area contributed by atoms with Crippen LogP contribution in [0.4, 0.5) is 18.0 Å². The number of urea groups is 1. The Labute approximate surface area is 128 Å². The van der Waals surface area contributed by atoms with Gasteiger partial charge in [-0.2, -0.15) is 13.2 Å². The molecule has 0 aliphatic carbocycles. The maximum atomic E-state index is 12.0. The van der Waals surface area contributed by atoms with E-state index in [0.717, 1.165) is 18.4 Å². The minimum atomic E-state index is -4.36. The fourth-order valence-electron chi connectivity index (χ4n) is 1.73. The molecule has 7 heteroatoms. The van der Waals surface area contributed by atoms with Crippen molar-refractivity contribution in [2.24, 2.45) is 0 Å². The van der Waals surface area contributed by atoms with E-state index in [0.29, 0.717) is 6.54 Å². The normalized spacial score (nSPS) is 12.6. The smallest absolute Gasteiger partial charge is 0.422 e. The molecule has 2 N–H and O–H groups in total. The third-order valence-electron chi connectivity index (χ3n) is 2.95. The minimum absolute atomic E-state index is 0.140. The summed E-state index contributed by atoms with van der Waals surface area (Å²) in [4.78, 5) is 11.6. The molecular formula is C15H21F3N2O2. The summed E-state index contributed by atoms with van der Waals surface area (Å²) in [5, 5.41) is 5.49. The first-order chi connectivity index (χ1) is 10.3. The molecule has 0 saturated heterocycles. The van der Waals surface area contributed by atoms with Crippen molar-refractivity contribution in [3.63, 3.8) is 0 Å². The van der Waals surface area contributed by atoms with Crippen molar-refractivity contribution in [1.82, 2.24) is 10.6 Å². The van der Waals surface area contributed by atoms with Crippen molar-refractivity contribution in [2.45, 2.75) is 38.9 Å². The quantitative estimate of drug-likeness (QED) is 0.752. The van der Waals surface area contributed by atoms with Crippen LogP contribution in [0.3, 0.4) is 0 Å². The summed E-state index contributed by atoms with van der Waals surface area (Å²) in [6, 6.07) is 5.64.